The van der Waals surface area contributed by atoms with E-state index in [0.29, 0.717) is 13.0 Å². The van der Waals surface area contributed by atoms with Gasteiger partial charge in [-0.2, -0.15) is 5.10 Å². The Balaban J connectivity index is 0.00000240. The molecule has 29 heavy (non-hydrogen) atoms. The zero-order valence-corrected chi connectivity index (χ0v) is 18.5. The van der Waals surface area contributed by atoms with Crippen LogP contribution in [0.25, 0.3) is 10.1 Å². The van der Waals surface area contributed by atoms with Crippen molar-refractivity contribution in [3.8, 4) is 11.5 Å². The second kappa shape index (κ2) is 9.78. The van der Waals surface area contributed by atoms with E-state index in [1.165, 1.54) is 32.4 Å². The second-order valence-corrected chi connectivity index (χ2v) is 8.62. The number of halogens is 1. The molecule has 1 amide bonds. The predicted molar refractivity (Wildman–Crippen MR) is 120 cm³/mol. The molecule has 158 valence electrons. The van der Waals surface area contributed by atoms with Gasteiger partial charge in [0.1, 0.15) is 6.61 Å². The fourth-order valence-electron chi connectivity index (χ4n) is 3.86. The Kier molecular flexibility index (Phi) is 7.38. The Hall–Kier alpha value is -1.83. The van der Waals surface area contributed by atoms with E-state index < -0.39 is 0 Å². The van der Waals surface area contributed by atoms with E-state index in [-0.39, 0.29) is 24.2 Å². The van der Waals surface area contributed by atoms with Gasteiger partial charge in [0, 0.05) is 29.6 Å². The maximum absolute atomic E-state index is 11.5. The lowest BCUT2D eigenvalue weighted by Gasteiger charge is -2.26. The van der Waals surface area contributed by atoms with Crippen LogP contribution in [-0.2, 0) is 4.79 Å². The van der Waals surface area contributed by atoms with Crippen molar-refractivity contribution in [3.63, 3.8) is 0 Å². The first kappa shape index (κ1) is 21.9. The number of methoxy groups -OCH3 is 1. The van der Waals surface area contributed by atoms with E-state index in [2.05, 4.69) is 27.6 Å². The van der Waals surface area contributed by atoms with Crippen molar-refractivity contribution in [3.05, 3.63) is 23.1 Å². The van der Waals surface area contributed by atoms with Crippen LogP contribution in [0.3, 0.4) is 0 Å². The highest BCUT2D eigenvalue weighted by molar-refractivity contribution is 7.21. The molecule has 3 heterocycles. The Morgan fingerprint density at radius 2 is 2.00 bits per heavy atom. The number of fused-ring (bicyclic) bond motifs is 1. The van der Waals surface area contributed by atoms with Crippen molar-refractivity contribution in [2.24, 2.45) is 11.0 Å². The highest BCUT2D eigenvalue weighted by atomic mass is 35.5. The molecule has 0 radical (unpaired) electrons. The minimum atomic E-state index is -0.0246. The maximum atomic E-state index is 11.5. The molecule has 0 bridgehead atoms. The summed E-state index contributed by atoms with van der Waals surface area (Å²) in [5, 5.41) is 5.39. The molecule has 8 heteroatoms. The third kappa shape index (κ3) is 5.02. The number of nitrogens with zero attached hydrogens (tertiary/aromatic N) is 2. The molecule has 1 aromatic heterocycles. The second-order valence-electron chi connectivity index (χ2n) is 7.54. The number of hydrazone groups is 1. The minimum Gasteiger partial charge on any atom is -0.493 e. The number of piperidine rings is 1. The summed E-state index contributed by atoms with van der Waals surface area (Å²) < 4.78 is 12.8. The summed E-state index contributed by atoms with van der Waals surface area (Å²) in [4.78, 5) is 15.1. The normalized spacial score (nSPS) is 20.0. The number of benzene rings is 1. The molecule has 2 aliphatic rings. The third-order valence-corrected chi connectivity index (χ3v) is 6.55. The summed E-state index contributed by atoms with van der Waals surface area (Å²) in [6.45, 7) is 5.99. The summed E-state index contributed by atoms with van der Waals surface area (Å²) >= 11 is 1.67. The van der Waals surface area contributed by atoms with Crippen LogP contribution in [0, 0.1) is 5.92 Å². The largest absolute Gasteiger partial charge is 0.493 e. The van der Waals surface area contributed by atoms with Crippen LogP contribution < -0.4 is 14.9 Å². The molecule has 1 aromatic carbocycles. The zero-order chi connectivity index (χ0) is 19.5. The fourth-order valence-corrected chi connectivity index (χ4v) is 5.04. The molecule has 1 unspecified atom stereocenters. The number of thiophene rings is 1. The van der Waals surface area contributed by atoms with E-state index >= 15 is 0 Å². The first-order valence-corrected chi connectivity index (χ1v) is 10.8. The molecule has 1 N–H and O–H groups in total. The lowest BCUT2D eigenvalue weighted by molar-refractivity contribution is -0.121. The van der Waals surface area contributed by atoms with Crippen LogP contribution in [-0.4, -0.2) is 49.9 Å². The van der Waals surface area contributed by atoms with Crippen LogP contribution in [0.4, 0.5) is 0 Å². The number of rotatable bonds is 6. The Labute approximate surface area is 181 Å². The van der Waals surface area contributed by atoms with Gasteiger partial charge in [0.2, 0.25) is 5.91 Å². The van der Waals surface area contributed by atoms with Gasteiger partial charge in [-0.05, 0) is 43.5 Å². The summed E-state index contributed by atoms with van der Waals surface area (Å²) in [6, 6.07) is 6.22. The number of ether oxygens (including phenoxy) is 2. The minimum absolute atomic E-state index is 0. The van der Waals surface area contributed by atoms with Crippen LogP contribution in [0.15, 0.2) is 23.3 Å². The molecule has 1 saturated heterocycles. The van der Waals surface area contributed by atoms with E-state index in [1.54, 1.807) is 18.4 Å². The zero-order valence-electron chi connectivity index (χ0n) is 16.9. The number of likely N-dealkylation sites (tertiary alicyclic amines) is 1. The summed E-state index contributed by atoms with van der Waals surface area (Å²) in [6.07, 6.45) is 4.39. The number of amides is 1. The number of hydrogen-bond acceptors (Lipinski definition) is 6. The van der Waals surface area contributed by atoms with Crippen molar-refractivity contribution in [1.82, 2.24) is 10.3 Å². The quantitative estimate of drug-likeness (QED) is 0.740. The number of hydrogen-bond donors (Lipinski definition) is 1. The van der Waals surface area contributed by atoms with Crippen molar-refractivity contribution in [2.45, 2.75) is 32.6 Å². The third-order valence-electron chi connectivity index (χ3n) is 5.43. The van der Waals surface area contributed by atoms with Crippen LogP contribution >= 0.6 is 23.7 Å². The number of carbonyl (C=O) groups excluding carboxylic acids is 1. The number of carbonyl (C=O) groups is 1. The van der Waals surface area contributed by atoms with Gasteiger partial charge in [-0.25, -0.2) is 5.43 Å². The van der Waals surface area contributed by atoms with Crippen molar-refractivity contribution < 1.29 is 14.3 Å². The van der Waals surface area contributed by atoms with Gasteiger partial charge in [-0.1, -0.05) is 13.3 Å². The summed E-state index contributed by atoms with van der Waals surface area (Å²) in [5.74, 6) is 1.63. The lowest BCUT2D eigenvalue weighted by Crippen LogP contribution is -2.33. The van der Waals surface area contributed by atoms with E-state index in [9.17, 15) is 4.79 Å². The van der Waals surface area contributed by atoms with Crippen molar-refractivity contribution >= 4 is 45.4 Å². The first-order chi connectivity index (χ1) is 13.6. The van der Waals surface area contributed by atoms with Gasteiger partial charge < -0.3 is 9.47 Å². The lowest BCUT2D eigenvalue weighted by atomic mass is 9.99. The molecule has 1 atom stereocenters. The monoisotopic (exact) mass is 437 g/mol. The highest BCUT2D eigenvalue weighted by Gasteiger charge is 2.23. The number of nitrogens with one attached hydrogen (secondary N) is 1. The van der Waals surface area contributed by atoms with Gasteiger partial charge in [0.05, 0.1) is 17.7 Å². The maximum Gasteiger partial charge on any atom is 0.240 e. The van der Waals surface area contributed by atoms with Crippen LogP contribution in [0.1, 0.15) is 37.5 Å². The van der Waals surface area contributed by atoms with Crippen LogP contribution in [0.2, 0.25) is 0 Å². The summed E-state index contributed by atoms with van der Waals surface area (Å²) in [7, 11) is 1.68. The molecule has 6 nitrogen and oxygen atoms in total. The molecule has 0 aliphatic carbocycles. The predicted octanol–water partition coefficient (Wildman–Crippen LogP) is 4.06. The topological polar surface area (TPSA) is 63.2 Å². The standard InChI is InChI=1S/C21H27N3O3S.ClH/c1-14-10-20(25)22-23-21(14)19-12-15-11-17(16(26-2)13-18(15)28-19)27-9-8-24-6-4-3-5-7-24;/h11-14H,3-10H2,1-2H3,(H,22,25);1H. The molecule has 2 aliphatic heterocycles. The molecule has 0 spiro atoms. The van der Waals surface area contributed by atoms with Crippen molar-refractivity contribution in [2.75, 3.05) is 33.4 Å². The van der Waals surface area contributed by atoms with Gasteiger partial charge in [-0.15, -0.1) is 23.7 Å². The smallest absolute Gasteiger partial charge is 0.240 e. The van der Waals surface area contributed by atoms with E-state index in [4.69, 9.17) is 9.47 Å². The van der Waals surface area contributed by atoms with Crippen LogP contribution in [0.5, 0.6) is 11.5 Å². The van der Waals surface area contributed by atoms with Gasteiger partial charge in [0.15, 0.2) is 11.5 Å². The Morgan fingerprint density at radius 3 is 2.72 bits per heavy atom. The average Bonchev–Trinajstić information content (AvgIpc) is 3.10. The average molecular weight is 438 g/mol. The molecule has 2 aromatic rings. The van der Waals surface area contributed by atoms with Gasteiger partial charge >= 0.3 is 0 Å². The summed E-state index contributed by atoms with van der Waals surface area (Å²) in [5.41, 5.74) is 3.54. The Bertz CT molecular complexity index is 893. The molecular weight excluding hydrogens is 410 g/mol. The van der Waals surface area contributed by atoms with E-state index in [0.717, 1.165) is 38.7 Å². The van der Waals surface area contributed by atoms with Gasteiger partial charge in [0.25, 0.3) is 0 Å². The molecule has 1 fully saturated rings. The fraction of sp³-hybridized carbons (Fsp3) is 0.524. The molecule has 0 saturated carbocycles. The van der Waals surface area contributed by atoms with E-state index in [1.807, 2.05) is 13.0 Å². The molecular formula is C21H28ClN3O3S. The highest BCUT2D eigenvalue weighted by Crippen LogP contribution is 2.37. The SMILES string of the molecule is COc1cc2sc(C3=NNC(=O)CC3C)cc2cc1OCCN1CCCCC1.Cl. The molecule has 4 rings (SSSR count). The van der Waals surface area contributed by atoms with Crippen molar-refractivity contribution in [1.29, 1.82) is 0 Å². The van der Waals surface area contributed by atoms with Gasteiger partial charge in [-0.3, -0.25) is 9.69 Å². The Morgan fingerprint density at radius 1 is 1.21 bits per heavy atom. The first-order valence-electron chi connectivity index (χ1n) is 9.97.